The minimum atomic E-state index is -0.289. The van der Waals surface area contributed by atoms with E-state index in [0.717, 1.165) is 13.0 Å². The van der Waals surface area contributed by atoms with Crippen LogP contribution in [0.2, 0.25) is 0 Å². The zero-order chi connectivity index (χ0) is 12.0. The molecule has 3 N–H and O–H groups in total. The predicted octanol–water partition coefficient (Wildman–Crippen LogP) is 0.426. The van der Waals surface area contributed by atoms with Gasteiger partial charge in [-0.25, -0.2) is 0 Å². The van der Waals surface area contributed by atoms with E-state index in [1.807, 2.05) is 21.0 Å². The van der Waals surface area contributed by atoms with E-state index in [-0.39, 0.29) is 11.9 Å². The lowest BCUT2D eigenvalue weighted by atomic mass is 10.0. The van der Waals surface area contributed by atoms with Crippen LogP contribution in [0.25, 0.3) is 0 Å². The van der Waals surface area contributed by atoms with Gasteiger partial charge in [-0.05, 0) is 33.4 Å². The molecule has 0 aromatic heterocycles. The molecule has 15 heavy (non-hydrogen) atoms. The number of hydrogen-bond donors (Lipinski definition) is 2. The standard InChI is InChI=1S/C11H25N3O/c1-8(2)6-10(7-14(4)5)13-9(3)11(12)15/h8-10,13H,6-7H2,1-5H3,(H2,12,15). The summed E-state index contributed by atoms with van der Waals surface area (Å²) in [5.41, 5.74) is 5.23. The third-order valence-corrected chi connectivity index (χ3v) is 2.25. The summed E-state index contributed by atoms with van der Waals surface area (Å²) >= 11 is 0. The highest BCUT2D eigenvalue weighted by Crippen LogP contribution is 2.06. The predicted molar refractivity (Wildman–Crippen MR) is 63.6 cm³/mol. The molecule has 0 aromatic rings. The number of nitrogens with zero attached hydrogens (tertiary/aromatic N) is 1. The molecule has 4 heteroatoms. The van der Waals surface area contributed by atoms with Gasteiger partial charge in [0.2, 0.25) is 5.91 Å². The van der Waals surface area contributed by atoms with Crippen molar-refractivity contribution in [2.45, 2.75) is 39.3 Å². The van der Waals surface area contributed by atoms with E-state index >= 15 is 0 Å². The summed E-state index contributed by atoms with van der Waals surface area (Å²) in [6, 6.07) is 0.0659. The average molecular weight is 215 g/mol. The van der Waals surface area contributed by atoms with Crippen LogP contribution in [-0.4, -0.2) is 43.5 Å². The second-order valence-corrected chi connectivity index (χ2v) is 4.88. The molecule has 0 spiro atoms. The number of carbonyl (C=O) groups excluding carboxylic acids is 1. The topological polar surface area (TPSA) is 58.4 Å². The van der Waals surface area contributed by atoms with Gasteiger partial charge in [0, 0.05) is 12.6 Å². The van der Waals surface area contributed by atoms with Crippen molar-refractivity contribution in [3.05, 3.63) is 0 Å². The van der Waals surface area contributed by atoms with E-state index in [9.17, 15) is 4.79 Å². The number of nitrogens with one attached hydrogen (secondary N) is 1. The molecule has 0 heterocycles. The number of nitrogens with two attached hydrogens (primary N) is 1. The van der Waals surface area contributed by atoms with Crippen molar-refractivity contribution < 1.29 is 4.79 Å². The molecule has 2 unspecified atom stereocenters. The van der Waals surface area contributed by atoms with Gasteiger partial charge in [0.05, 0.1) is 6.04 Å². The number of likely N-dealkylation sites (N-methyl/N-ethyl adjacent to an activating group) is 1. The lowest BCUT2D eigenvalue weighted by Crippen LogP contribution is -2.48. The smallest absolute Gasteiger partial charge is 0.234 e. The lowest BCUT2D eigenvalue weighted by molar-refractivity contribution is -0.119. The van der Waals surface area contributed by atoms with Gasteiger partial charge < -0.3 is 16.0 Å². The first-order chi connectivity index (χ1) is 6.82. The second-order valence-electron chi connectivity index (χ2n) is 4.88. The van der Waals surface area contributed by atoms with E-state index in [0.29, 0.717) is 12.0 Å². The molecule has 0 aliphatic rings. The van der Waals surface area contributed by atoms with Crippen LogP contribution in [0.4, 0.5) is 0 Å². The van der Waals surface area contributed by atoms with Crippen molar-refractivity contribution in [2.24, 2.45) is 11.7 Å². The molecule has 0 radical (unpaired) electrons. The first-order valence-corrected chi connectivity index (χ1v) is 5.53. The van der Waals surface area contributed by atoms with Crippen molar-refractivity contribution in [3.8, 4) is 0 Å². The van der Waals surface area contributed by atoms with Crippen LogP contribution in [0.1, 0.15) is 27.2 Å². The van der Waals surface area contributed by atoms with Crippen molar-refractivity contribution in [3.63, 3.8) is 0 Å². The van der Waals surface area contributed by atoms with Gasteiger partial charge in [-0.1, -0.05) is 13.8 Å². The number of hydrogen-bond acceptors (Lipinski definition) is 3. The quantitative estimate of drug-likeness (QED) is 0.647. The normalized spacial score (nSPS) is 15.7. The molecule has 2 atom stereocenters. The maximum Gasteiger partial charge on any atom is 0.234 e. The maximum absolute atomic E-state index is 11.0. The van der Waals surface area contributed by atoms with Gasteiger partial charge in [0.1, 0.15) is 0 Å². The first-order valence-electron chi connectivity index (χ1n) is 5.53. The molecule has 0 aromatic carbocycles. The van der Waals surface area contributed by atoms with Crippen LogP contribution < -0.4 is 11.1 Å². The van der Waals surface area contributed by atoms with Crippen LogP contribution in [-0.2, 0) is 4.79 Å². The molecule has 0 saturated heterocycles. The minimum absolute atomic E-state index is 0.256. The minimum Gasteiger partial charge on any atom is -0.368 e. The molecule has 4 nitrogen and oxygen atoms in total. The molecular weight excluding hydrogens is 190 g/mol. The van der Waals surface area contributed by atoms with Crippen LogP contribution in [0.15, 0.2) is 0 Å². The Morgan fingerprint density at radius 2 is 1.87 bits per heavy atom. The number of carbonyl (C=O) groups is 1. The van der Waals surface area contributed by atoms with Gasteiger partial charge >= 0.3 is 0 Å². The highest BCUT2D eigenvalue weighted by atomic mass is 16.1. The van der Waals surface area contributed by atoms with Crippen LogP contribution in [0.3, 0.4) is 0 Å². The Balaban J connectivity index is 4.17. The monoisotopic (exact) mass is 215 g/mol. The van der Waals surface area contributed by atoms with E-state index in [2.05, 4.69) is 24.1 Å². The zero-order valence-corrected chi connectivity index (χ0v) is 10.6. The molecule has 90 valence electrons. The summed E-state index contributed by atoms with van der Waals surface area (Å²) in [7, 11) is 4.06. The van der Waals surface area contributed by atoms with Crippen molar-refractivity contribution in [1.82, 2.24) is 10.2 Å². The summed E-state index contributed by atoms with van der Waals surface area (Å²) in [5.74, 6) is 0.324. The van der Waals surface area contributed by atoms with E-state index < -0.39 is 0 Å². The molecule has 0 saturated carbocycles. The summed E-state index contributed by atoms with van der Waals surface area (Å²) < 4.78 is 0. The van der Waals surface area contributed by atoms with Gasteiger partial charge in [0.15, 0.2) is 0 Å². The molecule has 0 bridgehead atoms. The van der Waals surface area contributed by atoms with Gasteiger partial charge in [-0.2, -0.15) is 0 Å². The highest BCUT2D eigenvalue weighted by molar-refractivity contribution is 5.79. The molecule has 0 rings (SSSR count). The Morgan fingerprint density at radius 1 is 1.33 bits per heavy atom. The third-order valence-electron chi connectivity index (χ3n) is 2.25. The Hall–Kier alpha value is -0.610. The largest absolute Gasteiger partial charge is 0.368 e. The van der Waals surface area contributed by atoms with Crippen LogP contribution >= 0.6 is 0 Å². The molecule has 1 amide bonds. The van der Waals surface area contributed by atoms with Gasteiger partial charge in [-0.3, -0.25) is 4.79 Å². The number of amides is 1. The van der Waals surface area contributed by atoms with Gasteiger partial charge in [-0.15, -0.1) is 0 Å². The van der Waals surface area contributed by atoms with Gasteiger partial charge in [0.25, 0.3) is 0 Å². The Bertz CT molecular complexity index is 182. The molecule has 0 aliphatic carbocycles. The third kappa shape index (κ3) is 7.33. The van der Waals surface area contributed by atoms with Crippen molar-refractivity contribution in [2.75, 3.05) is 20.6 Å². The summed E-state index contributed by atoms with van der Waals surface area (Å²) in [5, 5.41) is 3.26. The van der Waals surface area contributed by atoms with E-state index in [1.165, 1.54) is 0 Å². The van der Waals surface area contributed by atoms with E-state index in [1.54, 1.807) is 0 Å². The van der Waals surface area contributed by atoms with Crippen molar-refractivity contribution in [1.29, 1.82) is 0 Å². The van der Waals surface area contributed by atoms with E-state index in [4.69, 9.17) is 5.73 Å². The Labute approximate surface area is 93.2 Å². The summed E-state index contributed by atoms with van der Waals surface area (Å²) in [6.45, 7) is 7.10. The SMILES string of the molecule is CC(C)CC(CN(C)C)NC(C)C(N)=O. The maximum atomic E-state index is 11.0. The fraction of sp³-hybridized carbons (Fsp3) is 0.909. The lowest BCUT2D eigenvalue weighted by Gasteiger charge is -2.26. The Kier molecular flexibility index (Phi) is 6.52. The van der Waals surface area contributed by atoms with Crippen LogP contribution in [0.5, 0.6) is 0 Å². The fourth-order valence-electron chi connectivity index (χ4n) is 1.64. The summed E-state index contributed by atoms with van der Waals surface area (Å²) in [4.78, 5) is 13.1. The second kappa shape index (κ2) is 6.80. The van der Waals surface area contributed by atoms with Crippen molar-refractivity contribution >= 4 is 5.91 Å². The Morgan fingerprint density at radius 3 is 2.20 bits per heavy atom. The highest BCUT2D eigenvalue weighted by Gasteiger charge is 2.17. The average Bonchev–Trinajstić information content (AvgIpc) is 2.00. The molecule has 0 aliphatic heterocycles. The fourth-order valence-corrected chi connectivity index (χ4v) is 1.64. The first kappa shape index (κ1) is 14.4. The zero-order valence-electron chi connectivity index (χ0n) is 10.6. The summed E-state index contributed by atoms with van der Waals surface area (Å²) in [6.07, 6.45) is 1.05. The number of rotatable bonds is 7. The molecule has 0 fully saturated rings. The number of primary amides is 1. The molecular formula is C11H25N3O. The van der Waals surface area contributed by atoms with Crippen LogP contribution in [0, 0.1) is 5.92 Å².